The van der Waals surface area contributed by atoms with Gasteiger partial charge in [0.05, 0.1) is 0 Å². The third-order valence-corrected chi connectivity index (χ3v) is 3.48. The van der Waals surface area contributed by atoms with Gasteiger partial charge in [-0.1, -0.05) is 19.1 Å². The molecule has 2 N–H and O–H groups in total. The first-order chi connectivity index (χ1) is 9.20. The molecule has 0 aliphatic rings. The Labute approximate surface area is 115 Å². The van der Waals surface area contributed by atoms with Crippen LogP contribution in [0.5, 0.6) is 0 Å². The predicted molar refractivity (Wildman–Crippen MR) is 79.6 cm³/mol. The Morgan fingerprint density at radius 1 is 1.11 bits per heavy atom. The van der Waals surface area contributed by atoms with Gasteiger partial charge in [-0.2, -0.15) is 0 Å². The third kappa shape index (κ3) is 3.55. The number of nitrogens with two attached hydrogens (primary N) is 1. The summed E-state index contributed by atoms with van der Waals surface area (Å²) in [4.78, 5) is 6.45. The van der Waals surface area contributed by atoms with Crippen LogP contribution in [0.25, 0.3) is 0 Å². The summed E-state index contributed by atoms with van der Waals surface area (Å²) in [5.74, 6) is 0. The molecule has 19 heavy (non-hydrogen) atoms. The van der Waals surface area contributed by atoms with E-state index < -0.39 is 0 Å². The maximum absolute atomic E-state index is 5.96. The number of benzene rings is 1. The van der Waals surface area contributed by atoms with Gasteiger partial charge in [-0.25, -0.2) is 0 Å². The van der Waals surface area contributed by atoms with Crippen molar-refractivity contribution in [3.8, 4) is 0 Å². The summed E-state index contributed by atoms with van der Waals surface area (Å²) in [6, 6.07) is 10.3. The molecule has 2 aromatic rings. The summed E-state index contributed by atoms with van der Waals surface area (Å²) in [5.41, 5.74) is 10.6. The van der Waals surface area contributed by atoms with E-state index in [-0.39, 0.29) is 0 Å². The van der Waals surface area contributed by atoms with E-state index in [4.69, 9.17) is 5.73 Å². The minimum Gasteiger partial charge on any atom is -0.399 e. The van der Waals surface area contributed by atoms with Crippen LogP contribution in [-0.4, -0.2) is 16.4 Å². The van der Waals surface area contributed by atoms with Crippen molar-refractivity contribution < 1.29 is 0 Å². The zero-order chi connectivity index (χ0) is 13.7. The highest BCUT2D eigenvalue weighted by Crippen LogP contribution is 2.18. The van der Waals surface area contributed by atoms with Crippen molar-refractivity contribution in [2.24, 2.45) is 0 Å². The summed E-state index contributed by atoms with van der Waals surface area (Å²) in [6.45, 7) is 7.15. The molecule has 0 bridgehead atoms. The molecule has 100 valence electrons. The van der Waals surface area contributed by atoms with Crippen LogP contribution >= 0.6 is 0 Å². The lowest BCUT2D eigenvalue weighted by Gasteiger charge is -2.22. The Hall–Kier alpha value is -1.87. The van der Waals surface area contributed by atoms with Crippen LogP contribution in [0.3, 0.4) is 0 Å². The van der Waals surface area contributed by atoms with E-state index in [1.165, 1.54) is 16.7 Å². The molecule has 0 aliphatic heterocycles. The van der Waals surface area contributed by atoms with Gasteiger partial charge in [-0.05, 0) is 48.4 Å². The molecule has 0 radical (unpaired) electrons. The van der Waals surface area contributed by atoms with Crippen LogP contribution in [0.4, 0.5) is 5.69 Å². The number of nitrogen functional groups attached to an aromatic ring is 1. The van der Waals surface area contributed by atoms with Crippen molar-refractivity contribution in [1.29, 1.82) is 0 Å². The average Bonchev–Trinajstić information content (AvgIpc) is 2.44. The molecule has 3 nitrogen and oxygen atoms in total. The van der Waals surface area contributed by atoms with E-state index in [9.17, 15) is 0 Å². The van der Waals surface area contributed by atoms with Crippen molar-refractivity contribution in [2.75, 3.05) is 12.3 Å². The summed E-state index contributed by atoms with van der Waals surface area (Å²) in [7, 11) is 0. The number of nitrogens with zero attached hydrogens (tertiary/aromatic N) is 2. The monoisotopic (exact) mass is 255 g/mol. The molecule has 3 heteroatoms. The van der Waals surface area contributed by atoms with Gasteiger partial charge >= 0.3 is 0 Å². The molecule has 1 aromatic carbocycles. The van der Waals surface area contributed by atoms with E-state index in [0.29, 0.717) is 0 Å². The highest BCUT2D eigenvalue weighted by molar-refractivity contribution is 5.49. The molecule has 0 saturated carbocycles. The first-order valence-electron chi connectivity index (χ1n) is 6.66. The fourth-order valence-electron chi connectivity index (χ4n) is 2.14. The van der Waals surface area contributed by atoms with Gasteiger partial charge in [-0.15, -0.1) is 0 Å². The van der Waals surface area contributed by atoms with Gasteiger partial charge in [0.25, 0.3) is 0 Å². The van der Waals surface area contributed by atoms with Crippen LogP contribution in [0, 0.1) is 6.92 Å². The number of hydrogen-bond acceptors (Lipinski definition) is 3. The van der Waals surface area contributed by atoms with Crippen molar-refractivity contribution in [2.45, 2.75) is 26.9 Å². The molecule has 2 rings (SSSR count). The second kappa shape index (κ2) is 6.34. The molecule has 1 aromatic heterocycles. The predicted octanol–water partition coefficient (Wildman–Crippen LogP) is 2.99. The minimum atomic E-state index is 0.873. The van der Waals surface area contributed by atoms with E-state index in [0.717, 1.165) is 25.3 Å². The van der Waals surface area contributed by atoms with E-state index >= 15 is 0 Å². The number of pyridine rings is 1. The summed E-state index contributed by atoms with van der Waals surface area (Å²) in [6.07, 6.45) is 3.68. The average molecular weight is 255 g/mol. The van der Waals surface area contributed by atoms with Crippen LogP contribution in [0.1, 0.15) is 23.6 Å². The molecule has 0 atom stereocenters. The van der Waals surface area contributed by atoms with Crippen LogP contribution in [0.2, 0.25) is 0 Å². The van der Waals surface area contributed by atoms with Crippen molar-refractivity contribution in [3.63, 3.8) is 0 Å². The topological polar surface area (TPSA) is 42.2 Å². The normalized spacial score (nSPS) is 10.9. The van der Waals surface area contributed by atoms with Crippen molar-refractivity contribution in [3.05, 3.63) is 59.4 Å². The Balaban J connectivity index is 2.09. The summed E-state index contributed by atoms with van der Waals surface area (Å²) < 4.78 is 0. The lowest BCUT2D eigenvalue weighted by molar-refractivity contribution is 0.271. The van der Waals surface area contributed by atoms with Gasteiger partial charge in [0.2, 0.25) is 0 Å². The Morgan fingerprint density at radius 3 is 2.53 bits per heavy atom. The zero-order valence-electron chi connectivity index (χ0n) is 11.6. The Bertz CT molecular complexity index is 523. The third-order valence-electron chi connectivity index (χ3n) is 3.48. The quantitative estimate of drug-likeness (QED) is 0.835. The molecule has 0 fully saturated rings. The van der Waals surface area contributed by atoms with Gasteiger partial charge in [-0.3, -0.25) is 9.88 Å². The van der Waals surface area contributed by atoms with Crippen LogP contribution < -0.4 is 5.73 Å². The smallest absolute Gasteiger partial charge is 0.0346 e. The second-order valence-electron chi connectivity index (χ2n) is 4.79. The van der Waals surface area contributed by atoms with E-state index in [1.807, 2.05) is 24.5 Å². The molecule has 0 spiro atoms. The standard InChI is InChI=1S/C16H21N3/c1-3-19(11-14-7-9-18-10-8-14)12-15-5-4-6-16(17)13(15)2/h4-10H,3,11-12,17H2,1-2H3. The van der Waals surface area contributed by atoms with Crippen LogP contribution in [0.15, 0.2) is 42.7 Å². The van der Waals surface area contributed by atoms with Crippen molar-refractivity contribution in [1.82, 2.24) is 9.88 Å². The highest BCUT2D eigenvalue weighted by Gasteiger charge is 2.08. The minimum absolute atomic E-state index is 0.873. The molecular formula is C16H21N3. The molecular weight excluding hydrogens is 234 g/mol. The molecule has 1 heterocycles. The zero-order valence-corrected chi connectivity index (χ0v) is 11.6. The SMILES string of the molecule is CCN(Cc1ccncc1)Cc1cccc(N)c1C. The number of rotatable bonds is 5. The Morgan fingerprint density at radius 2 is 1.84 bits per heavy atom. The van der Waals surface area contributed by atoms with Gasteiger partial charge in [0, 0.05) is 31.2 Å². The molecule has 0 aliphatic carbocycles. The number of anilines is 1. The molecule has 0 unspecified atom stereocenters. The number of hydrogen-bond donors (Lipinski definition) is 1. The first kappa shape index (κ1) is 13.6. The fourth-order valence-corrected chi connectivity index (χ4v) is 2.14. The maximum Gasteiger partial charge on any atom is 0.0346 e. The summed E-state index contributed by atoms with van der Waals surface area (Å²) >= 11 is 0. The van der Waals surface area contributed by atoms with Crippen LogP contribution in [-0.2, 0) is 13.1 Å². The van der Waals surface area contributed by atoms with Gasteiger partial charge in [0.15, 0.2) is 0 Å². The van der Waals surface area contributed by atoms with Crippen molar-refractivity contribution >= 4 is 5.69 Å². The maximum atomic E-state index is 5.96. The summed E-state index contributed by atoms with van der Waals surface area (Å²) in [5, 5.41) is 0. The first-order valence-corrected chi connectivity index (χ1v) is 6.66. The lowest BCUT2D eigenvalue weighted by atomic mass is 10.1. The second-order valence-corrected chi connectivity index (χ2v) is 4.79. The fraction of sp³-hybridized carbons (Fsp3) is 0.312. The largest absolute Gasteiger partial charge is 0.399 e. The van der Waals surface area contributed by atoms with Gasteiger partial charge < -0.3 is 5.73 Å². The Kier molecular flexibility index (Phi) is 4.53. The number of aromatic nitrogens is 1. The molecule has 0 amide bonds. The van der Waals surface area contributed by atoms with E-state index in [1.54, 1.807) is 0 Å². The lowest BCUT2D eigenvalue weighted by Crippen LogP contribution is -2.22. The molecule has 0 saturated heterocycles. The highest BCUT2D eigenvalue weighted by atomic mass is 15.1. The van der Waals surface area contributed by atoms with Gasteiger partial charge in [0.1, 0.15) is 0 Å². The van der Waals surface area contributed by atoms with E-state index in [2.05, 4.69) is 41.9 Å².